The Hall–Kier alpha value is -3.78. The van der Waals surface area contributed by atoms with E-state index < -0.39 is 0 Å². The van der Waals surface area contributed by atoms with E-state index in [4.69, 9.17) is 22.7 Å². The topological polar surface area (TPSA) is 106 Å². The van der Waals surface area contributed by atoms with Crippen LogP contribution in [0.15, 0.2) is 54.6 Å². The number of rotatable bonds is 7. The van der Waals surface area contributed by atoms with Crippen LogP contribution in [0.3, 0.4) is 0 Å². The minimum atomic E-state index is -0.337. The van der Waals surface area contributed by atoms with Gasteiger partial charge in [0, 0.05) is 42.0 Å². The highest BCUT2D eigenvalue weighted by atomic mass is 35.5. The fourth-order valence-electron chi connectivity index (χ4n) is 4.73. The van der Waals surface area contributed by atoms with Crippen molar-refractivity contribution in [1.82, 2.24) is 24.8 Å². The molecule has 1 atom stereocenters. The average Bonchev–Trinajstić information content (AvgIpc) is 3.49. The number of hydrogen-bond donors (Lipinski definition) is 3. The Morgan fingerprint density at radius 1 is 1.29 bits per heavy atom. The zero-order valence-corrected chi connectivity index (χ0v) is 20.0. The van der Waals surface area contributed by atoms with E-state index in [-0.39, 0.29) is 22.7 Å². The predicted octanol–water partition coefficient (Wildman–Crippen LogP) is 5.46. The standard InChI is InChI=1S/C26H25ClFN7/c1-31-13-17(12-29)24-19-6-7-35(26(19)33-14-32-24)18-5-4-15(8-18)2-3-16-9-22(28)20-11-21(27)25(30)34-23(20)10-16/h6-14,18,29,31H,2-5H2,1H3,(H2,30,34)/b17-13+,29-12?. The molecule has 0 saturated heterocycles. The Labute approximate surface area is 207 Å². The zero-order chi connectivity index (χ0) is 24.5. The summed E-state index contributed by atoms with van der Waals surface area (Å²) in [7, 11) is 1.80. The van der Waals surface area contributed by atoms with Gasteiger partial charge >= 0.3 is 0 Å². The highest BCUT2D eigenvalue weighted by Gasteiger charge is 2.21. The Bertz CT molecular complexity index is 1500. The van der Waals surface area contributed by atoms with Crippen LogP contribution < -0.4 is 11.1 Å². The van der Waals surface area contributed by atoms with Gasteiger partial charge in [-0.2, -0.15) is 0 Å². The van der Waals surface area contributed by atoms with Crippen LogP contribution in [0.5, 0.6) is 0 Å². The van der Waals surface area contributed by atoms with Crippen molar-refractivity contribution in [1.29, 1.82) is 5.41 Å². The number of nitrogen functional groups attached to an aromatic ring is 1. The number of pyridine rings is 1. The van der Waals surface area contributed by atoms with Crippen LogP contribution in [0.4, 0.5) is 10.2 Å². The molecule has 4 aromatic rings. The van der Waals surface area contributed by atoms with Crippen molar-refractivity contribution in [3.05, 3.63) is 76.7 Å². The summed E-state index contributed by atoms with van der Waals surface area (Å²) in [6.45, 7) is 0. The van der Waals surface area contributed by atoms with Gasteiger partial charge in [0.1, 0.15) is 23.6 Å². The maximum Gasteiger partial charge on any atom is 0.144 e. The molecule has 0 bridgehead atoms. The van der Waals surface area contributed by atoms with Gasteiger partial charge in [0.25, 0.3) is 0 Å². The van der Waals surface area contributed by atoms with Crippen LogP contribution in [-0.4, -0.2) is 32.8 Å². The van der Waals surface area contributed by atoms with Gasteiger partial charge in [-0.25, -0.2) is 19.3 Å². The molecular weight excluding hydrogens is 465 g/mol. The first-order chi connectivity index (χ1) is 17.0. The number of anilines is 1. The van der Waals surface area contributed by atoms with Gasteiger partial charge < -0.3 is 21.0 Å². The summed E-state index contributed by atoms with van der Waals surface area (Å²) in [5.74, 6) is -0.131. The highest BCUT2D eigenvalue weighted by Crippen LogP contribution is 2.34. The molecule has 3 heterocycles. The SMILES string of the molecule is CN/C=C(\C=N)c1ncnc2c1ccn2C1C=C(CCc2cc(F)c3cc(Cl)c(N)nc3c2)CC1. The van der Waals surface area contributed by atoms with E-state index in [0.717, 1.165) is 41.6 Å². The number of nitrogens with two attached hydrogens (primary N) is 1. The van der Waals surface area contributed by atoms with Gasteiger partial charge in [-0.15, -0.1) is 0 Å². The lowest BCUT2D eigenvalue weighted by Crippen LogP contribution is -2.04. The zero-order valence-electron chi connectivity index (χ0n) is 19.2. The number of aryl methyl sites for hydroxylation is 1. The molecule has 4 N–H and O–H groups in total. The van der Waals surface area contributed by atoms with Crippen molar-refractivity contribution in [2.24, 2.45) is 0 Å². The first kappa shape index (κ1) is 23.0. The predicted molar refractivity (Wildman–Crippen MR) is 139 cm³/mol. The number of nitrogens with zero attached hydrogens (tertiary/aromatic N) is 4. The summed E-state index contributed by atoms with van der Waals surface area (Å²) in [5, 5.41) is 12.2. The quantitative estimate of drug-likeness (QED) is 0.236. The summed E-state index contributed by atoms with van der Waals surface area (Å²) in [5.41, 5.74) is 10.8. The fraction of sp³-hybridized carbons (Fsp3) is 0.231. The summed E-state index contributed by atoms with van der Waals surface area (Å²) < 4.78 is 16.8. The Kier molecular flexibility index (Phi) is 6.21. The maximum absolute atomic E-state index is 14.6. The van der Waals surface area contributed by atoms with E-state index in [0.29, 0.717) is 22.9 Å². The number of benzene rings is 1. The minimum Gasteiger partial charge on any atom is -0.393 e. The van der Waals surface area contributed by atoms with Crippen molar-refractivity contribution in [2.75, 3.05) is 12.8 Å². The van der Waals surface area contributed by atoms with Gasteiger partial charge in [-0.1, -0.05) is 23.3 Å². The minimum absolute atomic E-state index is 0.193. The Balaban J connectivity index is 1.36. The third-order valence-corrected chi connectivity index (χ3v) is 6.75. The molecular formula is C26H25ClFN7. The summed E-state index contributed by atoms with van der Waals surface area (Å²) in [6.07, 6.45) is 12.4. The fourth-order valence-corrected chi connectivity index (χ4v) is 4.88. The number of nitrogens with one attached hydrogen (secondary N) is 2. The normalized spacial score (nSPS) is 16.1. The van der Waals surface area contributed by atoms with E-state index in [1.54, 1.807) is 25.6 Å². The third-order valence-electron chi connectivity index (χ3n) is 6.44. The maximum atomic E-state index is 14.6. The molecule has 0 aliphatic heterocycles. The molecule has 1 aliphatic carbocycles. The molecule has 0 amide bonds. The van der Waals surface area contributed by atoms with Crippen LogP contribution in [0.1, 0.15) is 36.6 Å². The van der Waals surface area contributed by atoms with E-state index in [1.807, 2.05) is 18.3 Å². The van der Waals surface area contributed by atoms with Crippen molar-refractivity contribution in [2.45, 2.75) is 31.7 Å². The molecule has 7 nitrogen and oxygen atoms in total. The summed E-state index contributed by atoms with van der Waals surface area (Å²) in [4.78, 5) is 13.2. The monoisotopic (exact) mass is 489 g/mol. The van der Waals surface area contributed by atoms with E-state index in [1.165, 1.54) is 17.9 Å². The van der Waals surface area contributed by atoms with Gasteiger partial charge in [-0.3, -0.25) is 0 Å². The molecule has 178 valence electrons. The molecule has 5 rings (SSSR count). The van der Waals surface area contributed by atoms with Crippen LogP contribution in [0.2, 0.25) is 5.02 Å². The van der Waals surface area contributed by atoms with Crippen LogP contribution in [0, 0.1) is 11.2 Å². The lowest BCUT2D eigenvalue weighted by molar-refractivity contribution is 0.603. The number of aromatic nitrogens is 4. The second-order valence-electron chi connectivity index (χ2n) is 8.65. The molecule has 1 unspecified atom stereocenters. The van der Waals surface area contributed by atoms with E-state index in [9.17, 15) is 4.39 Å². The van der Waals surface area contributed by atoms with Crippen LogP contribution >= 0.6 is 11.6 Å². The molecule has 1 aromatic carbocycles. The van der Waals surface area contributed by atoms with Gasteiger partial charge in [0.05, 0.1) is 22.3 Å². The number of allylic oxidation sites excluding steroid dienone is 3. The number of hydrogen-bond acceptors (Lipinski definition) is 6. The van der Waals surface area contributed by atoms with Crippen molar-refractivity contribution >= 4 is 51.1 Å². The van der Waals surface area contributed by atoms with Gasteiger partial charge in [0.2, 0.25) is 0 Å². The Morgan fingerprint density at radius 3 is 2.94 bits per heavy atom. The summed E-state index contributed by atoms with van der Waals surface area (Å²) >= 11 is 6.00. The third kappa shape index (κ3) is 4.37. The smallest absolute Gasteiger partial charge is 0.144 e. The molecule has 0 radical (unpaired) electrons. The first-order valence-electron chi connectivity index (χ1n) is 11.4. The van der Waals surface area contributed by atoms with E-state index >= 15 is 0 Å². The van der Waals surface area contributed by atoms with Crippen molar-refractivity contribution < 1.29 is 4.39 Å². The van der Waals surface area contributed by atoms with Crippen molar-refractivity contribution in [3.8, 4) is 0 Å². The van der Waals surface area contributed by atoms with Crippen LogP contribution in [-0.2, 0) is 6.42 Å². The Morgan fingerprint density at radius 2 is 2.14 bits per heavy atom. The molecule has 3 aromatic heterocycles. The van der Waals surface area contributed by atoms with Gasteiger partial charge in [0.15, 0.2) is 0 Å². The highest BCUT2D eigenvalue weighted by molar-refractivity contribution is 6.33. The molecule has 0 saturated carbocycles. The second-order valence-corrected chi connectivity index (χ2v) is 9.05. The lowest BCUT2D eigenvalue weighted by Gasteiger charge is -2.11. The molecule has 9 heteroatoms. The second kappa shape index (κ2) is 9.46. The molecule has 0 spiro atoms. The first-order valence-corrected chi connectivity index (χ1v) is 11.8. The average molecular weight is 490 g/mol. The molecule has 35 heavy (non-hydrogen) atoms. The lowest BCUT2D eigenvalue weighted by atomic mass is 10.0. The molecule has 1 aliphatic rings. The van der Waals surface area contributed by atoms with Gasteiger partial charge in [-0.05, 0) is 55.5 Å². The summed E-state index contributed by atoms with van der Waals surface area (Å²) in [6, 6.07) is 7.17. The van der Waals surface area contributed by atoms with Crippen LogP contribution in [0.25, 0.3) is 27.5 Å². The van der Waals surface area contributed by atoms with Crippen molar-refractivity contribution in [3.63, 3.8) is 0 Å². The van der Waals surface area contributed by atoms with E-state index in [2.05, 4.69) is 30.9 Å². The number of halogens is 2. The number of fused-ring (bicyclic) bond motifs is 2. The largest absolute Gasteiger partial charge is 0.393 e. The molecule has 0 fully saturated rings.